The Labute approximate surface area is 360 Å². The van der Waals surface area contributed by atoms with Crippen molar-refractivity contribution in [3.8, 4) is 0 Å². The zero-order chi connectivity index (χ0) is 44.0. The predicted molar refractivity (Wildman–Crippen MR) is 230 cm³/mol. The average molecular weight is 877 g/mol. The van der Waals surface area contributed by atoms with Gasteiger partial charge in [-0.3, -0.25) is 18.6 Å². The van der Waals surface area contributed by atoms with Gasteiger partial charge < -0.3 is 44.6 Å². The molecule has 0 amide bonds. The van der Waals surface area contributed by atoms with E-state index < -0.39 is 75.7 Å². The second-order valence-corrected chi connectivity index (χ2v) is 18.0. The van der Waals surface area contributed by atoms with E-state index in [1.165, 1.54) is 57.8 Å². The summed E-state index contributed by atoms with van der Waals surface area (Å²) in [5, 5.41) is 50.1. The molecular weight excluding hydrogens is 795 g/mol. The largest absolute Gasteiger partial charge is 0.472 e. The molecule has 5 unspecified atom stereocenters. The smallest absolute Gasteiger partial charge is 0.462 e. The van der Waals surface area contributed by atoms with Crippen LogP contribution >= 0.6 is 7.82 Å². The van der Waals surface area contributed by atoms with E-state index >= 15 is 0 Å². The fourth-order valence-corrected chi connectivity index (χ4v) is 8.26. The second-order valence-electron chi connectivity index (χ2n) is 16.6. The van der Waals surface area contributed by atoms with Crippen molar-refractivity contribution >= 4 is 19.8 Å². The number of hydrogen-bond donors (Lipinski definition) is 6. The number of carbonyl (C=O) groups excluding carboxylic acids is 2. The fourth-order valence-electron chi connectivity index (χ4n) is 7.29. The van der Waals surface area contributed by atoms with Crippen molar-refractivity contribution in [1.82, 2.24) is 0 Å². The molecule has 60 heavy (non-hydrogen) atoms. The lowest BCUT2D eigenvalue weighted by molar-refractivity contribution is -0.220. The van der Waals surface area contributed by atoms with E-state index in [1.54, 1.807) is 0 Å². The van der Waals surface area contributed by atoms with Gasteiger partial charge >= 0.3 is 19.8 Å². The Balaban J connectivity index is 1.71. The summed E-state index contributed by atoms with van der Waals surface area (Å²) in [6, 6.07) is 0. The van der Waals surface area contributed by atoms with Crippen molar-refractivity contribution in [2.45, 2.75) is 236 Å². The molecule has 14 nitrogen and oxygen atoms in total. The van der Waals surface area contributed by atoms with Crippen LogP contribution in [0.1, 0.15) is 181 Å². The van der Waals surface area contributed by atoms with Crippen LogP contribution in [0.3, 0.4) is 0 Å². The third-order valence-corrected chi connectivity index (χ3v) is 12.2. The van der Waals surface area contributed by atoms with Gasteiger partial charge in [-0.2, -0.15) is 0 Å². The van der Waals surface area contributed by atoms with Crippen LogP contribution in [0.25, 0.3) is 0 Å². The SMILES string of the molecule is CCCCCCCC/C=C\CCCCCCCC(=O)OC[C@H](COP(=O)(O)OC1[C@H](O)[C@H](O)C(O)[C@H](O)[C@H]1O)OC(=O)CCCCCCC/C=C\CC1OC1CCCCC. The molecule has 0 bridgehead atoms. The Morgan fingerprint density at radius 1 is 0.583 bits per heavy atom. The summed E-state index contributed by atoms with van der Waals surface area (Å²) in [6.45, 7) is 3.24. The average Bonchev–Trinajstić information content (AvgIpc) is 3.98. The number of aliphatic hydroxyl groups excluding tert-OH is 5. The third kappa shape index (κ3) is 24.8. The van der Waals surface area contributed by atoms with Gasteiger partial charge in [-0.25, -0.2) is 4.57 Å². The minimum Gasteiger partial charge on any atom is -0.462 e. The van der Waals surface area contributed by atoms with Crippen LogP contribution in [-0.2, 0) is 37.4 Å². The van der Waals surface area contributed by atoms with Gasteiger partial charge in [-0.15, -0.1) is 0 Å². The number of esters is 2. The van der Waals surface area contributed by atoms with Crippen molar-refractivity contribution < 1.29 is 67.8 Å². The molecule has 0 aromatic carbocycles. The number of hydrogen-bond acceptors (Lipinski definition) is 13. The normalized spacial score (nSPS) is 25.7. The highest BCUT2D eigenvalue weighted by atomic mass is 31.2. The number of rotatable bonds is 37. The monoisotopic (exact) mass is 877 g/mol. The minimum atomic E-state index is -5.12. The Hall–Kier alpha value is -1.71. The van der Waals surface area contributed by atoms with E-state index in [-0.39, 0.29) is 12.8 Å². The summed E-state index contributed by atoms with van der Waals surface area (Å²) in [4.78, 5) is 35.7. The number of ether oxygens (including phenoxy) is 3. The maximum atomic E-state index is 12.8. The van der Waals surface area contributed by atoms with Gasteiger partial charge in [-0.05, 0) is 64.2 Å². The van der Waals surface area contributed by atoms with Gasteiger partial charge in [0.1, 0.15) is 43.2 Å². The van der Waals surface area contributed by atoms with Gasteiger partial charge in [0.15, 0.2) is 6.10 Å². The maximum absolute atomic E-state index is 12.8. The lowest BCUT2D eigenvalue weighted by Crippen LogP contribution is -2.64. The topological polar surface area (TPSA) is 222 Å². The number of carbonyl (C=O) groups is 2. The fraction of sp³-hybridized carbons (Fsp3) is 0.867. The van der Waals surface area contributed by atoms with Crippen LogP contribution in [0.15, 0.2) is 24.3 Å². The number of aliphatic hydroxyl groups is 5. The molecule has 2 aliphatic rings. The van der Waals surface area contributed by atoms with E-state index in [9.17, 15) is 44.6 Å². The van der Waals surface area contributed by atoms with Crippen molar-refractivity contribution in [1.29, 1.82) is 0 Å². The van der Waals surface area contributed by atoms with E-state index in [0.29, 0.717) is 25.0 Å². The first-order valence-electron chi connectivity index (χ1n) is 23.3. The molecule has 10 atom stereocenters. The molecule has 6 N–H and O–H groups in total. The van der Waals surface area contributed by atoms with Crippen LogP contribution in [0.4, 0.5) is 0 Å². The molecule has 1 aliphatic carbocycles. The van der Waals surface area contributed by atoms with Crippen molar-refractivity contribution in [2.75, 3.05) is 13.2 Å². The molecule has 0 aromatic heterocycles. The minimum absolute atomic E-state index is 0.0753. The zero-order valence-electron chi connectivity index (χ0n) is 36.7. The van der Waals surface area contributed by atoms with Gasteiger partial charge in [0, 0.05) is 12.8 Å². The van der Waals surface area contributed by atoms with Gasteiger partial charge in [0.05, 0.1) is 18.8 Å². The molecule has 0 aromatic rings. The van der Waals surface area contributed by atoms with Gasteiger partial charge in [0.2, 0.25) is 0 Å². The Bertz CT molecular complexity index is 1220. The predicted octanol–water partition coefficient (Wildman–Crippen LogP) is 7.82. The highest BCUT2D eigenvalue weighted by molar-refractivity contribution is 7.47. The number of epoxide rings is 1. The molecule has 1 saturated carbocycles. The summed E-state index contributed by atoms with van der Waals surface area (Å²) < 4.78 is 39.2. The third-order valence-electron chi connectivity index (χ3n) is 11.2. The lowest BCUT2D eigenvalue weighted by Gasteiger charge is -2.41. The van der Waals surface area contributed by atoms with Crippen LogP contribution in [-0.4, -0.2) is 111 Å². The molecule has 15 heteroatoms. The van der Waals surface area contributed by atoms with E-state index in [1.807, 2.05) is 0 Å². The quantitative estimate of drug-likeness (QED) is 0.0115. The molecule has 350 valence electrons. The van der Waals surface area contributed by atoms with Crippen LogP contribution in [0.2, 0.25) is 0 Å². The molecule has 0 radical (unpaired) electrons. The molecule has 1 saturated heterocycles. The first-order chi connectivity index (χ1) is 28.9. The summed E-state index contributed by atoms with van der Waals surface area (Å²) in [7, 11) is -5.12. The zero-order valence-corrected chi connectivity index (χ0v) is 37.6. The maximum Gasteiger partial charge on any atom is 0.472 e. The van der Waals surface area contributed by atoms with E-state index in [4.69, 9.17) is 23.3 Å². The standard InChI is InChI=1S/C45H81O14P/c1-3-5-7-8-9-10-11-12-13-14-15-16-20-23-27-31-38(46)55-33-35(34-56-60(53,54)59-45-43(51)41(49)40(48)42(50)44(45)52)57-39(47)32-28-24-21-18-17-19-22-26-30-37-36(58-37)29-25-6-4-2/h12-13,22,26,35-37,40-45,48-52H,3-11,14-21,23-25,27-34H2,1-2H3,(H,53,54)/b13-12-,26-22-/t35-,36?,37?,40?,41-,42+,43-,44-,45?/m1/s1. The molecule has 1 heterocycles. The molecule has 2 fully saturated rings. The van der Waals surface area contributed by atoms with Crippen LogP contribution in [0.5, 0.6) is 0 Å². The Morgan fingerprint density at radius 2 is 1.05 bits per heavy atom. The van der Waals surface area contributed by atoms with Gasteiger partial charge in [0.25, 0.3) is 0 Å². The number of unbranched alkanes of at least 4 members (excludes halogenated alkanes) is 18. The second kappa shape index (κ2) is 32.9. The van der Waals surface area contributed by atoms with Gasteiger partial charge in [-0.1, -0.05) is 128 Å². The summed E-state index contributed by atoms with van der Waals surface area (Å²) in [6.07, 6.45) is 22.6. The van der Waals surface area contributed by atoms with Crippen LogP contribution < -0.4 is 0 Å². The van der Waals surface area contributed by atoms with E-state index in [2.05, 4.69) is 38.2 Å². The Morgan fingerprint density at radius 3 is 1.62 bits per heavy atom. The van der Waals surface area contributed by atoms with Crippen LogP contribution in [0, 0.1) is 0 Å². The molecule has 0 spiro atoms. The lowest BCUT2D eigenvalue weighted by atomic mass is 9.85. The molecule has 1 aliphatic heterocycles. The first-order valence-corrected chi connectivity index (χ1v) is 24.8. The summed E-state index contributed by atoms with van der Waals surface area (Å²) >= 11 is 0. The highest BCUT2D eigenvalue weighted by Crippen LogP contribution is 2.47. The number of phosphoric ester groups is 1. The summed E-state index contributed by atoms with van der Waals surface area (Å²) in [5.74, 6) is -1.13. The van der Waals surface area contributed by atoms with E-state index in [0.717, 1.165) is 83.5 Å². The van der Waals surface area contributed by atoms with Crippen molar-refractivity contribution in [3.63, 3.8) is 0 Å². The summed E-state index contributed by atoms with van der Waals surface area (Å²) in [5.41, 5.74) is 0. The molecule has 2 rings (SSSR count). The van der Waals surface area contributed by atoms with Crippen molar-refractivity contribution in [3.05, 3.63) is 24.3 Å². The highest BCUT2D eigenvalue weighted by Gasteiger charge is 2.51. The number of allylic oxidation sites excluding steroid dienone is 3. The Kier molecular flexibility index (Phi) is 29.8. The number of phosphoric acid groups is 1. The van der Waals surface area contributed by atoms with Crippen molar-refractivity contribution in [2.24, 2.45) is 0 Å². The first kappa shape index (κ1) is 54.4. The molecular formula is C45H81O14P.